The molecule has 0 unspecified atom stereocenters. The predicted molar refractivity (Wildman–Crippen MR) is 136 cm³/mol. The zero-order valence-corrected chi connectivity index (χ0v) is 19.2. The van der Waals surface area contributed by atoms with Gasteiger partial charge in [0.15, 0.2) is 5.84 Å². The lowest BCUT2D eigenvalue weighted by Gasteiger charge is -2.27. The second-order valence-electron chi connectivity index (χ2n) is 8.77. The number of aromatic amines is 1. The molecule has 0 amide bonds. The molecule has 2 aromatic heterocycles. The Morgan fingerprint density at radius 1 is 1.09 bits per heavy atom. The number of H-pyrrole nitrogens is 1. The second kappa shape index (κ2) is 9.56. The number of aromatic nitrogens is 3. The summed E-state index contributed by atoms with van der Waals surface area (Å²) >= 11 is 0. The van der Waals surface area contributed by atoms with Crippen molar-refractivity contribution in [3.63, 3.8) is 0 Å². The average molecular weight is 456 g/mol. The Labute approximate surface area is 197 Å². The van der Waals surface area contributed by atoms with Gasteiger partial charge >= 0.3 is 0 Å². The number of hydrazone groups is 1. The van der Waals surface area contributed by atoms with E-state index in [0.29, 0.717) is 24.3 Å². The number of benzene rings is 2. The van der Waals surface area contributed by atoms with E-state index in [0.717, 1.165) is 64.8 Å². The lowest BCUT2D eigenvalue weighted by molar-refractivity contribution is 0.410. The van der Waals surface area contributed by atoms with Crippen LogP contribution in [0.2, 0.25) is 0 Å². The molecule has 0 bridgehead atoms. The van der Waals surface area contributed by atoms with E-state index in [1.54, 1.807) is 7.05 Å². The van der Waals surface area contributed by atoms with Gasteiger partial charge in [0, 0.05) is 42.0 Å². The fraction of sp³-hybridized carbons (Fsp3) is 0.320. The summed E-state index contributed by atoms with van der Waals surface area (Å²) in [5, 5.41) is 17.3. The van der Waals surface area contributed by atoms with E-state index in [1.165, 1.54) is 5.56 Å². The zero-order valence-electron chi connectivity index (χ0n) is 19.2. The topological polar surface area (TPSA) is 143 Å². The van der Waals surface area contributed by atoms with Gasteiger partial charge in [-0.25, -0.2) is 9.97 Å². The third-order valence-electron chi connectivity index (χ3n) is 6.39. The molecule has 2 heterocycles. The molecule has 6 N–H and O–H groups in total. The Bertz CT molecular complexity index is 1350. The molecule has 34 heavy (non-hydrogen) atoms. The second-order valence-corrected chi connectivity index (χ2v) is 8.77. The molecule has 174 valence electrons. The van der Waals surface area contributed by atoms with Gasteiger partial charge in [-0.1, -0.05) is 42.5 Å². The molecule has 0 radical (unpaired) electrons. The summed E-state index contributed by atoms with van der Waals surface area (Å²) in [5.74, 6) is 7.52. The Morgan fingerprint density at radius 3 is 2.62 bits per heavy atom. The minimum atomic E-state index is 0.294. The maximum absolute atomic E-state index is 6.13. The number of nitrogens with zero attached hydrogens (tertiary/aromatic N) is 5. The van der Waals surface area contributed by atoms with E-state index in [1.807, 2.05) is 36.4 Å². The predicted octanol–water partition coefficient (Wildman–Crippen LogP) is 4.09. The molecule has 0 atom stereocenters. The zero-order chi connectivity index (χ0) is 23.5. The first-order valence-corrected chi connectivity index (χ1v) is 11.6. The van der Waals surface area contributed by atoms with Crippen LogP contribution in [0.4, 0.5) is 5.82 Å². The molecule has 1 aliphatic rings. The molecular formula is C25H29N9. The Morgan fingerprint density at radius 2 is 1.88 bits per heavy atom. The van der Waals surface area contributed by atoms with Crippen molar-refractivity contribution in [2.45, 2.75) is 44.2 Å². The van der Waals surface area contributed by atoms with E-state index in [2.05, 4.69) is 37.8 Å². The van der Waals surface area contributed by atoms with E-state index < -0.39 is 0 Å². The number of nitrogens with one attached hydrogen (secondary N) is 2. The van der Waals surface area contributed by atoms with E-state index in [4.69, 9.17) is 21.5 Å². The molecule has 9 heteroatoms. The highest BCUT2D eigenvalue weighted by atomic mass is 15.2. The molecular weight excluding hydrogens is 426 g/mol. The molecule has 0 spiro atoms. The highest BCUT2D eigenvalue weighted by Gasteiger charge is 2.22. The summed E-state index contributed by atoms with van der Waals surface area (Å²) in [4.78, 5) is 13.3. The summed E-state index contributed by atoms with van der Waals surface area (Å²) in [6.07, 6.45) is 4.76. The number of fused-ring (bicyclic) bond motifs is 3. The Hall–Kier alpha value is -3.85. The number of azo groups is 1. The van der Waals surface area contributed by atoms with E-state index in [9.17, 15) is 0 Å². The van der Waals surface area contributed by atoms with Crippen molar-refractivity contribution >= 4 is 33.6 Å². The first-order chi connectivity index (χ1) is 16.6. The Kier molecular flexibility index (Phi) is 6.18. The van der Waals surface area contributed by atoms with Crippen LogP contribution >= 0.6 is 0 Å². The normalized spacial score (nSPS) is 19.3. The highest BCUT2D eigenvalue weighted by Crippen LogP contribution is 2.32. The number of anilines is 1. The van der Waals surface area contributed by atoms with Crippen molar-refractivity contribution in [3.05, 3.63) is 65.5 Å². The van der Waals surface area contributed by atoms with E-state index >= 15 is 0 Å². The first kappa shape index (κ1) is 22.0. The molecule has 9 nitrogen and oxygen atoms in total. The molecule has 1 aliphatic carbocycles. The van der Waals surface area contributed by atoms with Crippen LogP contribution in [0.25, 0.3) is 21.9 Å². The quantitative estimate of drug-likeness (QED) is 0.118. The van der Waals surface area contributed by atoms with Crippen LogP contribution < -0.4 is 16.9 Å². The van der Waals surface area contributed by atoms with Crippen molar-refractivity contribution in [2.75, 3.05) is 12.4 Å². The standard InChI is InChI=1S/C25H29N9/c1-28-34-23(33-27)16-7-12-19-20(14-16)30-25-22(19)24(29-18-10-8-17(26)9-11-18)31-21(32-25)13-15-5-3-2-4-6-15/h2-7,12,14,17-18H,8-11,13,26-27H2,1H3,(H2,29,30,31,32). The van der Waals surface area contributed by atoms with Crippen LogP contribution in [-0.2, 0) is 6.42 Å². The molecule has 0 aliphatic heterocycles. The highest BCUT2D eigenvalue weighted by molar-refractivity contribution is 6.13. The van der Waals surface area contributed by atoms with Gasteiger partial charge in [-0.15, -0.1) is 5.11 Å². The van der Waals surface area contributed by atoms with Gasteiger partial charge in [0.1, 0.15) is 17.3 Å². The third kappa shape index (κ3) is 4.47. The average Bonchev–Trinajstić information content (AvgIpc) is 3.22. The van der Waals surface area contributed by atoms with Crippen LogP contribution in [0.1, 0.15) is 42.6 Å². The number of hydrogen-bond donors (Lipinski definition) is 4. The summed E-state index contributed by atoms with van der Waals surface area (Å²) in [5.41, 5.74) is 9.79. The SMILES string of the molecule is CN=NC(=NN)c1ccc2c(c1)[nH]c1nc(Cc3ccccc3)nc(NC3CCC(N)CC3)c12. The minimum Gasteiger partial charge on any atom is -0.367 e. The van der Waals surface area contributed by atoms with Crippen LogP contribution in [0, 0.1) is 0 Å². The van der Waals surface area contributed by atoms with Crippen molar-refractivity contribution in [1.82, 2.24) is 15.0 Å². The number of rotatable bonds is 5. The third-order valence-corrected chi connectivity index (χ3v) is 6.39. The summed E-state index contributed by atoms with van der Waals surface area (Å²) in [6.45, 7) is 0. The molecule has 1 saturated carbocycles. The van der Waals surface area contributed by atoms with Gasteiger partial charge in [-0.2, -0.15) is 10.2 Å². The van der Waals surface area contributed by atoms with Crippen LogP contribution in [0.15, 0.2) is 63.9 Å². The van der Waals surface area contributed by atoms with Crippen molar-refractivity contribution < 1.29 is 0 Å². The lowest BCUT2D eigenvalue weighted by atomic mass is 9.92. The first-order valence-electron chi connectivity index (χ1n) is 11.6. The van der Waals surface area contributed by atoms with Gasteiger partial charge in [0.2, 0.25) is 0 Å². The van der Waals surface area contributed by atoms with E-state index in [-0.39, 0.29) is 0 Å². The van der Waals surface area contributed by atoms with Gasteiger partial charge < -0.3 is 21.9 Å². The number of hydrogen-bond acceptors (Lipinski definition) is 7. The maximum Gasteiger partial charge on any atom is 0.200 e. The van der Waals surface area contributed by atoms with Crippen molar-refractivity contribution in [1.29, 1.82) is 0 Å². The van der Waals surface area contributed by atoms with Crippen LogP contribution in [0.3, 0.4) is 0 Å². The van der Waals surface area contributed by atoms with Gasteiger partial charge in [0.05, 0.1) is 5.39 Å². The summed E-state index contributed by atoms with van der Waals surface area (Å²) in [7, 11) is 1.59. The molecule has 2 aromatic carbocycles. The molecule has 1 fully saturated rings. The molecule has 4 aromatic rings. The largest absolute Gasteiger partial charge is 0.367 e. The van der Waals surface area contributed by atoms with Gasteiger partial charge in [0.25, 0.3) is 0 Å². The fourth-order valence-electron chi connectivity index (χ4n) is 4.66. The number of nitrogens with two attached hydrogens (primary N) is 2. The Balaban J connectivity index is 1.60. The molecule has 0 saturated heterocycles. The smallest absolute Gasteiger partial charge is 0.200 e. The van der Waals surface area contributed by atoms with Crippen molar-refractivity contribution in [3.8, 4) is 0 Å². The monoisotopic (exact) mass is 455 g/mol. The maximum atomic E-state index is 6.13. The van der Waals surface area contributed by atoms with Gasteiger partial charge in [-0.05, 0) is 37.3 Å². The molecule has 5 rings (SSSR count). The van der Waals surface area contributed by atoms with Crippen LogP contribution in [0.5, 0.6) is 0 Å². The van der Waals surface area contributed by atoms with Crippen molar-refractivity contribution in [2.24, 2.45) is 26.9 Å². The summed E-state index contributed by atoms with van der Waals surface area (Å²) in [6, 6.07) is 16.8. The minimum absolute atomic E-state index is 0.294. The number of amidine groups is 1. The summed E-state index contributed by atoms with van der Waals surface area (Å²) < 4.78 is 0. The van der Waals surface area contributed by atoms with Gasteiger partial charge in [-0.3, -0.25) is 0 Å². The van der Waals surface area contributed by atoms with Crippen LogP contribution in [-0.4, -0.2) is 39.9 Å². The lowest BCUT2D eigenvalue weighted by Crippen LogP contribution is -2.33. The fourth-order valence-corrected chi connectivity index (χ4v) is 4.66.